The number of nitrogens with two attached hydrogens (primary N) is 2. The minimum absolute atomic E-state index is 0.0633. The molecule has 1 aromatic heterocycles. The first-order chi connectivity index (χ1) is 10.2. The molecule has 0 radical (unpaired) electrons. The fourth-order valence-corrected chi connectivity index (χ4v) is 2.20. The Balaban J connectivity index is 2.25. The lowest BCUT2D eigenvalue weighted by Crippen LogP contribution is -2.29. The smallest absolute Gasteiger partial charge is 0.161 e. The molecule has 1 atom stereocenters. The van der Waals surface area contributed by atoms with Gasteiger partial charge in [0.2, 0.25) is 0 Å². The van der Waals surface area contributed by atoms with E-state index in [0.29, 0.717) is 23.7 Å². The van der Waals surface area contributed by atoms with Gasteiger partial charge in [0, 0.05) is 6.20 Å². The number of methoxy groups -OCH3 is 2. The van der Waals surface area contributed by atoms with Crippen LogP contribution in [0, 0.1) is 0 Å². The van der Waals surface area contributed by atoms with E-state index in [9.17, 15) is 0 Å². The number of hydrogen-bond donors (Lipinski definition) is 3. The third-order valence-corrected chi connectivity index (χ3v) is 3.30. The quantitative estimate of drug-likeness (QED) is 0.550. The van der Waals surface area contributed by atoms with Crippen LogP contribution in [0.2, 0.25) is 0 Å². The van der Waals surface area contributed by atoms with Crippen LogP contribution in [0.25, 0.3) is 0 Å². The number of nitrogens with zero attached hydrogens (tertiary/aromatic N) is 1. The highest BCUT2D eigenvalue weighted by molar-refractivity contribution is 5.44. The average molecular weight is 288 g/mol. The summed E-state index contributed by atoms with van der Waals surface area (Å²) < 4.78 is 10.6. The molecule has 0 fully saturated rings. The first-order valence-electron chi connectivity index (χ1n) is 6.56. The van der Waals surface area contributed by atoms with E-state index in [0.717, 1.165) is 11.1 Å². The molecule has 1 heterocycles. The van der Waals surface area contributed by atoms with Crippen LogP contribution < -0.4 is 26.5 Å². The van der Waals surface area contributed by atoms with Crippen molar-refractivity contribution in [3.8, 4) is 11.5 Å². The van der Waals surface area contributed by atoms with E-state index in [1.54, 1.807) is 20.4 Å². The zero-order valence-electron chi connectivity index (χ0n) is 12.2. The molecule has 0 amide bonds. The van der Waals surface area contributed by atoms with Gasteiger partial charge in [-0.1, -0.05) is 6.07 Å². The van der Waals surface area contributed by atoms with Crippen LogP contribution in [0.15, 0.2) is 36.5 Å². The highest BCUT2D eigenvalue weighted by Gasteiger charge is 2.14. The number of pyridine rings is 1. The van der Waals surface area contributed by atoms with Crippen LogP contribution in [0.3, 0.4) is 0 Å². The fraction of sp³-hybridized carbons (Fsp3) is 0.267. The Morgan fingerprint density at radius 3 is 2.52 bits per heavy atom. The summed E-state index contributed by atoms with van der Waals surface area (Å²) in [6.45, 7) is 0. The Morgan fingerprint density at radius 1 is 1.14 bits per heavy atom. The fourth-order valence-electron chi connectivity index (χ4n) is 2.20. The van der Waals surface area contributed by atoms with E-state index in [-0.39, 0.29) is 6.04 Å². The number of hydrazine groups is 1. The number of hydrogen-bond acceptors (Lipinski definition) is 6. The molecule has 0 spiro atoms. The van der Waals surface area contributed by atoms with Crippen molar-refractivity contribution in [1.29, 1.82) is 0 Å². The van der Waals surface area contributed by atoms with E-state index < -0.39 is 0 Å². The Bertz CT molecular complexity index is 604. The van der Waals surface area contributed by atoms with Gasteiger partial charge in [-0.3, -0.25) is 11.3 Å². The second kappa shape index (κ2) is 6.92. The lowest BCUT2D eigenvalue weighted by atomic mass is 9.99. The number of rotatable bonds is 6. The number of nitrogens with one attached hydrogen (secondary N) is 1. The molecule has 0 saturated carbocycles. The van der Waals surface area contributed by atoms with Gasteiger partial charge in [0.15, 0.2) is 11.5 Å². The van der Waals surface area contributed by atoms with E-state index >= 15 is 0 Å². The Hall–Kier alpha value is -2.31. The topological polar surface area (TPSA) is 95.4 Å². The molecule has 5 N–H and O–H groups in total. The maximum Gasteiger partial charge on any atom is 0.161 e. The summed E-state index contributed by atoms with van der Waals surface area (Å²) >= 11 is 0. The largest absolute Gasteiger partial charge is 0.493 e. The van der Waals surface area contributed by atoms with Gasteiger partial charge >= 0.3 is 0 Å². The van der Waals surface area contributed by atoms with E-state index in [1.165, 1.54) is 0 Å². The third-order valence-electron chi connectivity index (χ3n) is 3.30. The maximum absolute atomic E-state index is 5.70. The van der Waals surface area contributed by atoms with E-state index in [4.69, 9.17) is 21.1 Å². The summed E-state index contributed by atoms with van der Waals surface area (Å²) in [6, 6.07) is 9.42. The van der Waals surface area contributed by atoms with Crippen molar-refractivity contribution in [3.05, 3.63) is 47.7 Å². The standard InChI is InChI=1S/C15H20N4O2/c1-20-13-4-3-11(9-14(13)21-2)12(19-17)7-10-5-6-18-15(16)8-10/h3-6,8-9,12,19H,7,17H2,1-2H3,(H2,16,18). The van der Waals surface area contributed by atoms with Crippen LogP contribution in [-0.2, 0) is 6.42 Å². The van der Waals surface area contributed by atoms with Gasteiger partial charge in [-0.05, 0) is 41.8 Å². The maximum atomic E-state index is 5.70. The Kier molecular flexibility index (Phi) is 4.97. The van der Waals surface area contributed by atoms with Crippen LogP contribution in [0.4, 0.5) is 5.82 Å². The first kappa shape index (κ1) is 15.1. The van der Waals surface area contributed by atoms with Gasteiger partial charge in [-0.15, -0.1) is 0 Å². The van der Waals surface area contributed by atoms with Gasteiger partial charge in [-0.2, -0.15) is 0 Å². The molecule has 0 aliphatic heterocycles. The second-order valence-electron chi connectivity index (χ2n) is 4.63. The Morgan fingerprint density at radius 2 is 1.90 bits per heavy atom. The molecule has 2 rings (SSSR count). The van der Waals surface area contributed by atoms with Crippen molar-refractivity contribution in [1.82, 2.24) is 10.4 Å². The SMILES string of the molecule is COc1ccc(C(Cc2ccnc(N)c2)NN)cc1OC. The van der Waals surface area contributed by atoms with Gasteiger partial charge in [0.1, 0.15) is 5.82 Å². The number of aromatic nitrogens is 1. The minimum atomic E-state index is -0.0633. The van der Waals surface area contributed by atoms with Gasteiger partial charge < -0.3 is 15.2 Å². The van der Waals surface area contributed by atoms with Crippen molar-refractivity contribution >= 4 is 5.82 Å². The van der Waals surface area contributed by atoms with E-state index in [1.807, 2.05) is 30.3 Å². The number of nitrogen functional groups attached to an aromatic ring is 1. The molecule has 0 bridgehead atoms. The lowest BCUT2D eigenvalue weighted by molar-refractivity contribution is 0.353. The first-order valence-corrected chi connectivity index (χ1v) is 6.56. The van der Waals surface area contributed by atoms with E-state index in [2.05, 4.69) is 10.4 Å². The Labute approximate surface area is 124 Å². The molecule has 1 unspecified atom stereocenters. The summed E-state index contributed by atoms with van der Waals surface area (Å²) in [4.78, 5) is 3.99. The summed E-state index contributed by atoms with van der Waals surface area (Å²) in [7, 11) is 3.21. The summed E-state index contributed by atoms with van der Waals surface area (Å²) in [5.74, 6) is 7.54. The molecule has 0 aliphatic carbocycles. The minimum Gasteiger partial charge on any atom is -0.493 e. The average Bonchev–Trinajstić information content (AvgIpc) is 2.52. The molecule has 0 saturated heterocycles. The molecule has 6 heteroatoms. The number of anilines is 1. The van der Waals surface area contributed by atoms with Crippen molar-refractivity contribution in [3.63, 3.8) is 0 Å². The van der Waals surface area contributed by atoms with Crippen molar-refractivity contribution in [2.45, 2.75) is 12.5 Å². The number of benzene rings is 1. The molecule has 112 valence electrons. The normalized spacial score (nSPS) is 12.0. The predicted molar refractivity (Wildman–Crippen MR) is 82.0 cm³/mol. The second-order valence-corrected chi connectivity index (χ2v) is 4.63. The summed E-state index contributed by atoms with van der Waals surface area (Å²) in [5, 5.41) is 0. The molecule has 6 nitrogen and oxygen atoms in total. The molecular formula is C15H20N4O2. The van der Waals surface area contributed by atoms with Gasteiger partial charge in [0.05, 0.1) is 20.3 Å². The highest BCUT2D eigenvalue weighted by Crippen LogP contribution is 2.30. The van der Waals surface area contributed by atoms with Crippen molar-refractivity contribution in [2.75, 3.05) is 20.0 Å². The number of ether oxygens (including phenoxy) is 2. The van der Waals surface area contributed by atoms with Crippen LogP contribution in [0.5, 0.6) is 11.5 Å². The third kappa shape index (κ3) is 3.62. The molecule has 0 aliphatic rings. The summed E-state index contributed by atoms with van der Waals surface area (Å²) in [5.41, 5.74) is 10.6. The van der Waals surface area contributed by atoms with Crippen molar-refractivity contribution in [2.24, 2.45) is 5.84 Å². The zero-order chi connectivity index (χ0) is 15.2. The monoisotopic (exact) mass is 288 g/mol. The van der Waals surface area contributed by atoms with Crippen LogP contribution in [0.1, 0.15) is 17.2 Å². The van der Waals surface area contributed by atoms with Gasteiger partial charge in [-0.25, -0.2) is 4.98 Å². The van der Waals surface area contributed by atoms with Crippen molar-refractivity contribution < 1.29 is 9.47 Å². The molecule has 21 heavy (non-hydrogen) atoms. The molecular weight excluding hydrogens is 268 g/mol. The zero-order valence-corrected chi connectivity index (χ0v) is 12.2. The van der Waals surface area contributed by atoms with Crippen LogP contribution in [-0.4, -0.2) is 19.2 Å². The lowest BCUT2D eigenvalue weighted by Gasteiger charge is -2.18. The van der Waals surface area contributed by atoms with Gasteiger partial charge in [0.25, 0.3) is 0 Å². The molecule has 1 aromatic carbocycles. The highest BCUT2D eigenvalue weighted by atomic mass is 16.5. The van der Waals surface area contributed by atoms with Crippen LogP contribution >= 0.6 is 0 Å². The summed E-state index contributed by atoms with van der Waals surface area (Å²) in [6.07, 6.45) is 2.38. The molecule has 2 aromatic rings. The predicted octanol–water partition coefficient (Wildman–Crippen LogP) is 1.43.